The van der Waals surface area contributed by atoms with Crippen molar-refractivity contribution in [2.24, 2.45) is 7.05 Å². The van der Waals surface area contributed by atoms with E-state index in [2.05, 4.69) is 33.2 Å². The monoisotopic (exact) mass is 357 g/mol. The summed E-state index contributed by atoms with van der Waals surface area (Å²) in [5, 5.41) is 3.82. The van der Waals surface area contributed by atoms with Gasteiger partial charge in [0.05, 0.1) is 6.20 Å². The highest BCUT2D eigenvalue weighted by molar-refractivity contribution is 9.10. The van der Waals surface area contributed by atoms with Crippen molar-refractivity contribution < 1.29 is 4.74 Å². The fourth-order valence-electron chi connectivity index (χ4n) is 1.85. The van der Waals surface area contributed by atoms with E-state index >= 15 is 0 Å². The number of ether oxygens (including phenoxy) is 1. The van der Waals surface area contributed by atoms with Crippen LogP contribution >= 0.6 is 27.5 Å². The smallest absolute Gasteiger partial charge is 0.147 e. The van der Waals surface area contributed by atoms with E-state index in [1.165, 1.54) is 0 Å². The first-order valence-corrected chi connectivity index (χ1v) is 7.45. The number of benzene rings is 1. The third kappa shape index (κ3) is 3.34. The second kappa shape index (κ2) is 6.61. The molecule has 4 nitrogen and oxygen atoms in total. The van der Waals surface area contributed by atoms with Crippen LogP contribution in [0.4, 0.5) is 0 Å². The molecule has 1 atom stereocenters. The number of nitrogens with one attached hydrogen (secondary N) is 1. The summed E-state index contributed by atoms with van der Waals surface area (Å²) in [6.07, 6.45) is 1.62. The minimum Gasteiger partial charge on any atom is -0.485 e. The number of hydrogen-bond donors (Lipinski definition) is 1. The Kier molecular flexibility index (Phi) is 5.07. The van der Waals surface area contributed by atoms with Crippen LogP contribution in [0.3, 0.4) is 0 Å². The zero-order valence-corrected chi connectivity index (χ0v) is 14.0. The van der Waals surface area contributed by atoms with Gasteiger partial charge in [0.2, 0.25) is 0 Å². The first-order valence-electron chi connectivity index (χ1n) is 6.28. The maximum Gasteiger partial charge on any atom is 0.147 e. The van der Waals surface area contributed by atoms with Gasteiger partial charge in [-0.3, -0.25) is 0 Å². The van der Waals surface area contributed by atoms with Crippen LogP contribution in [0.15, 0.2) is 28.9 Å². The standard InChI is InChI=1S/C14H17BrClN3O/c1-9(17-2)11-5-4-10(15)6-12(11)20-8-14-18-7-13(16)19(14)3/h4-7,9,17H,8H2,1-3H3. The lowest BCUT2D eigenvalue weighted by molar-refractivity contribution is 0.286. The van der Waals surface area contributed by atoms with Gasteiger partial charge in [-0.25, -0.2) is 4.98 Å². The lowest BCUT2D eigenvalue weighted by atomic mass is 10.1. The summed E-state index contributed by atoms with van der Waals surface area (Å²) in [7, 11) is 3.79. The fourth-order valence-corrected chi connectivity index (χ4v) is 2.33. The second-order valence-corrected chi connectivity index (χ2v) is 5.84. The van der Waals surface area contributed by atoms with Crippen LogP contribution in [0, 0.1) is 0 Å². The van der Waals surface area contributed by atoms with Crippen LogP contribution in [0.5, 0.6) is 5.75 Å². The molecule has 0 aliphatic rings. The van der Waals surface area contributed by atoms with Crippen molar-refractivity contribution in [2.45, 2.75) is 19.6 Å². The topological polar surface area (TPSA) is 39.1 Å². The highest BCUT2D eigenvalue weighted by Crippen LogP contribution is 2.29. The molecule has 1 aromatic heterocycles. The van der Waals surface area contributed by atoms with Gasteiger partial charge in [0.15, 0.2) is 0 Å². The lowest BCUT2D eigenvalue weighted by Crippen LogP contribution is -2.14. The molecule has 0 aliphatic carbocycles. The summed E-state index contributed by atoms with van der Waals surface area (Å²) in [6, 6.07) is 6.23. The van der Waals surface area contributed by atoms with Gasteiger partial charge in [0.25, 0.3) is 0 Å². The molecule has 108 valence electrons. The molecule has 1 aromatic carbocycles. The molecule has 1 heterocycles. The number of halogens is 2. The van der Waals surface area contributed by atoms with E-state index in [1.54, 1.807) is 10.8 Å². The van der Waals surface area contributed by atoms with Crippen molar-refractivity contribution in [1.82, 2.24) is 14.9 Å². The van der Waals surface area contributed by atoms with Crippen molar-refractivity contribution in [2.75, 3.05) is 7.05 Å². The van der Waals surface area contributed by atoms with Gasteiger partial charge in [-0.2, -0.15) is 0 Å². The van der Waals surface area contributed by atoms with Crippen molar-refractivity contribution >= 4 is 27.5 Å². The summed E-state index contributed by atoms with van der Waals surface area (Å²) < 4.78 is 8.70. The number of hydrogen-bond acceptors (Lipinski definition) is 3. The molecular weight excluding hydrogens is 342 g/mol. The third-order valence-corrected chi connectivity index (χ3v) is 4.10. The summed E-state index contributed by atoms with van der Waals surface area (Å²) in [5.41, 5.74) is 1.11. The number of aromatic nitrogens is 2. The van der Waals surface area contributed by atoms with E-state index in [4.69, 9.17) is 16.3 Å². The first kappa shape index (κ1) is 15.4. The van der Waals surface area contributed by atoms with Crippen LogP contribution in [0.25, 0.3) is 0 Å². The van der Waals surface area contributed by atoms with Crippen molar-refractivity contribution in [3.63, 3.8) is 0 Å². The highest BCUT2D eigenvalue weighted by atomic mass is 79.9. The predicted octanol–water partition coefficient (Wildman–Crippen LogP) is 3.70. The molecule has 0 bridgehead atoms. The molecule has 1 N–H and O–H groups in total. The van der Waals surface area contributed by atoms with Gasteiger partial charge in [0, 0.05) is 23.1 Å². The molecule has 1 unspecified atom stereocenters. The summed E-state index contributed by atoms with van der Waals surface area (Å²) in [5.74, 6) is 1.62. The first-order chi connectivity index (χ1) is 9.52. The zero-order valence-electron chi connectivity index (χ0n) is 11.7. The molecular formula is C14H17BrClN3O. The highest BCUT2D eigenvalue weighted by Gasteiger charge is 2.12. The van der Waals surface area contributed by atoms with Crippen LogP contribution in [-0.4, -0.2) is 16.6 Å². The predicted molar refractivity (Wildman–Crippen MR) is 84.2 cm³/mol. The SMILES string of the molecule is CNC(C)c1ccc(Br)cc1OCc1ncc(Cl)n1C. The van der Waals surface area contributed by atoms with Crippen molar-refractivity contribution in [3.8, 4) is 5.75 Å². The molecule has 0 radical (unpaired) electrons. The van der Waals surface area contributed by atoms with Gasteiger partial charge in [-0.1, -0.05) is 33.6 Å². The number of nitrogens with zero attached hydrogens (tertiary/aromatic N) is 2. The Bertz CT molecular complexity index is 600. The maximum absolute atomic E-state index is 5.97. The molecule has 0 saturated heterocycles. The van der Waals surface area contributed by atoms with Crippen LogP contribution in [-0.2, 0) is 13.7 Å². The number of rotatable bonds is 5. The van der Waals surface area contributed by atoms with Gasteiger partial charge < -0.3 is 14.6 Å². The zero-order chi connectivity index (χ0) is 14.7. The average molecular weight is 359 g/mol. The van der Waals surface area contributed by atoms with Crippen LogP contribution in [0.1, 0.15) is 24.4 Å². The van der Waals surface area contributed by atoms with Crippen LogP contribution in [0.2, 0.25) is 5.15 Å². The lowest BCUT2D eigenvalue weighted by Gasteiger charge is -2.17. The summed E-state index contributed by atoms with van der Waals surface area (Å²) in [4.78, 5) is 4.23. The van der Waals surface area contributed by atoms with E-state index in [0.717, 1.165) is 21.6 Å². The molecule has 0 saturated carbocycles. The molecule has 2 aromatic rings. The minimum atomic E-state index is 0.211. The van der Waals surface area contributed by atoms with E-state index < -0.39 is 0 Å². The van der Waals surface area contributed by atoms with Gasteiger partial charge in [-0.05, 0) is 26.1 Å². The Hall–Kier alpha value is -1.04. The Labute approximate surface area is 132 Å². The van der Waals surface area contributed by atoms with Gasteiger partial charge in [-0.15, -0.1) is 0 Å². The minimum absolute atomic E-state index is 0.211. The second-order valence-electron chi connectivity index (χ2n) is 4.54. The Balaban J connectivity index is 2.20. The molecule has 0 amide bonds. The molecule has 0 fully saturated rings. The van der Waals surface area contributed by atoms with Gasteiger partial charge >= 0.3 is 0 Å². The largest absolute Gasteiger partial charge is 0.485 e. The molecule has 2 rings (SSSR count). The number of imidazole rings is 1. The molecule has 0 aliphatic heterocycles. The Morgan fingerprint density at radius 1 is 1.50 bits per heavy atom. The Morgan fingerprint density at radius 2 is 2.25 bits per heavy atom. The van der Waals surface area contributed by atoms with Crippen LogP contribution < -0.4 is 10.1 Å². The Morgan fingerprint density at radius 3 is 2.85 bits per heavy atom. The summed E-state index contributed by atoms with van der Waals surface area (Å²) >= 11 is 9.44. The quantitative estimate of drug-likeness (QED) is 0.886. The van der Waals surface area contributed by atoms with E-state index in [9.17, 15) is 0 Å². The molecule has 20 heavy (non-hydrogen) atoms. The van der Waals surface area contributed by atoms with Gasteiger partial charge in [0.1, 0.15) is 23.3 Å². The van der Waals surface area contributed by atoms with E-state index in [0.29, 0.717) is 11.8 Å². The normalized spacial score (nSPS) is 12.4. The fraction of sp³-hybridized carbons (Fsp3) is 0.357. The average Bonchev–Trinajstić information content (AvgIpc) is 2.76. The maximum atomic E-state index is 5.97. The van der Waals surface area contributed by atoms with Crippen molar-refractivity contribution in [3.05, 3.63) is 45.4 Å². The molecule has 6 heteroatoms. The summed E-state index contributed by atoms with van der Waals surface area (Å²) in [6.45, 7) is 2.47. The van der Waals surface area contributed by atoms with E-state index in [-0.39, 0.29) is 6.04 Å². The molecule has 0 spiro atoms. The third-order valence-electron chi connectivity index (χ3n) is 3.26. The van der Waals surface area contributed by atoms with E-state index in [1.807, 2.05) is 32.3 Å². The van der Waals surface area contributed by atoms with Crippen molar-refractivity contribution in [1.29, 1.82) is 0 Å².